The van der Waals surface area contributed by atoms with Gasteiger partial charge in [-0.05, 0) is 0 Å². The summed E-state index contributed by atoms with van der Waals surface area (Å²) in [6.45, 7) is 3.47. The summed E-state index contributed by atoms with van der Waals surface area (Å²) in [5.41, 5.74) is 0. The van der Waals surface area contributed by atoms with E-state index >= 15 is 0 Å². The average molecular weight is 226 g/mol. The molecule has 0 atom stereocenters. The van der Waals surface area contributed by atoms with Gasteiger partial charge in [0.15, 0.2) is 0 Å². The molecule has 5 heteroatoms. The third-order valence-electron chi connectivity index (χ3n) is 0.695. The van der Waals surface area contributed by atoms with Crippen LogP contribution in [0.5, 0.6) is 0 Å². The van der Waals surface area contributed by atoms with E-state index in [1.807, 2.05) is 0 Å². The normalized spacial score (nSPS) is 10.4. The molecule has 0 saturated heterocycles. The number of halogens is 3. The van der Waals surface area contributed by atoms with Gasteiger partial charge < -0.3 is 5.11 Å². The van der Waals surface area contributed by atoms with E-state index in [0.29, 0.717) is 0 Å². The van der Waals surface area contributed by atoms with Crippen molar-refractivity contribution in [2.45, 2.75) is 18.4 Å². The van der Waals surface area contributed by atoms with Crippen LogP contribution in [0.4, 0.5) is 0 Å². The molecule has 0 aliphatic rings. The van der Waals surface area contributed by atoms with Crippen molar-refractivity contribution in [3.8, 4) is 0 Å². The summed E-state index contributed by atoms with van der Waals surface area (Å²) >= 11 is 11.9. The van der Waals surface area contributed by atoms with E-state index in [1.165, 1.54) is 19.4 Å². The summed E-state index contributed by atoms with van der Waals surface area (Å²) < 4.78 is -1.56. The molecular weight excluding hydrogens is 218 g/mol. The quantitative estimate of drug-likeness (QED) is 0.538. The minimum absolute atomic E-state index is 0.115. The Balaban J connectivity index is 0. The van der Waals surface area contributed by atoms with Crippen LogP contribution >= 0.6 is 32.5 Å². The third-order valence-corrected chi connectivity index (χ3v) is 1.57. The van der Waals surface area contributed by atoms with Gasteiger partial charge in [-0.1, -0.05) is 37.0 Å². The van der Waals surface area contributed by atoms with Crippen molar-refractivity contribution >= 4 is 32.5 Å². The SMILES string of the molecule is CC(C)C(O)(Cl)Cl.[Cl][Ti]. The van der Waals surface area contributed by atoms with Crippen molar-refractivity contribution in [2.24, 2.45) is 5.92 Å². The second-order valence-electron chi connectivity index (χ2n) is 1.74. The molecule has 0 aliphatic heterocycles. The second kappa shape index (κ2) is 6.27. The van der Waals surface area contributed by atoms with Crippen molar-refractivity contribution in [3.63, 3.8) is 0 Å². The van der Waals surface area contributed by atoms with E-state index in [2.05, 4.69) is 9.30 Å². The zero-order valence-corrected chi connectivity index (χ0v) is 8.99. The number of rotatable bonds is 1. The number of alkyl halides is 2. The molecule has 0 aromatic heterocycles. The van der Waals surface area contributed by atoms with Gasteiger partial charge in [-0.3, -0.25) is 0 Å². The van der Waals surface area contributed by atoms with Crippen molar-refractivity contribution < 1.29 is 24.5 Å². The molecule has 9 heavy (non-hydrogen) atoms. The standard InChI is InChI=1S/C4H8Cl2O.ClH.Ti/c1-3(2)4(5,6)7;;/h3,7H,1-2H3;1H;/q;;+1/p-1. The van der Waals surface area contributed by atoms with Crippen molar-refractivity contribution in [1.82, 2.24) is 0 Å². The Morgan fingerprint density at radius 3 is 1.44 bits per heavy atom. The molecule has 0 saturated carbocycles. The van der Waals surface area contributed by atoms with Gasteiger partial charge >= 0.3 is 28.7 Å². The Morgan fingerprint density at radius 1 is 1.33 bits per heavy atom. The van der Waals surface area contributed by atoms with Crippen LogP contribution in [0.15, 0.2) is 0 Å². The van der Waals surface area contributed by atoms with Gasteiger partial charge in [-0.15, -0.1) is 0 Å². The second-order valence-corrected chi connectivity index (χ2v) is 3.09. The van der Waals surface area contributed by atoms with Crippen LogP contribution in [0.25, 0.3) is 0 Å². The van der Waals surface area contributed by atoms with Crippen LogP contribution in [0.3, 0.4) is 0 Å². The number of hydrogen-bond donors (Lipinski definition) is 1. The Bertz CT molecular complexity index is 61.3. The monoisotopic (exact) mass is 225 g/mol. The molecule has 0 aliphatic carbocycles. The number of aliphatic hydroxyl groups is 1. The molecule has 0 heterocycles. The topological polar surface area (TPSA) is 20.2 Å². The van der Waals surface area contributed by atoms with E-state index in [-0.39, 0.29) is 5.92 Å². The van der Waals surface area contributed by atoms with Crippen LogP contribution in [0.1, 0.15) is 13.8 Å². The van der Waals surface area contributed by atoms with Gasteiger partial charge in [0, 0.05) is 5.92 Å². The maximum atomic E-state index is 8.63. The van der Waals surface area contributed by atoms with E-state index in [1.54, 1.807) is 13.8 Å². The van der Waals surface area contributed by atoms with E-state index in [0.717, 1.165) is 0 Å². The molecule has 0 unspecified atom stereocenters. The Morgan fingerprint density at radius 2 is 1.44 bits per heavy atom. The third kappa shape index (κ3) is 9.54. The molecule has 1 nitrogen and oxygen atoms in total. The molecule has 1 N–H and O–H groups in total. The molecule has 0 aromatic rings. The van der Waals surface area contributed by atoms with Crippen molar-refractivity contribution in [2.75, 3.05) is 0 Å². The first kappa shape index (κ1) is 13.2. The molecule has 0 amide bonds. The fraction of sp³-hybridized carbons (Fsp3) is 1.00. The fourth-order valence-electron chi connectivity index (χ4n) is 0. The molecule has 0 fully saturated rings. The van der Waals surface area contributed by atoms with Crippen molar-refractivity contribution in [1.29, 1.82) is 0 Å². The Hall–Kier alpha value is 1.54. The number of hydrogen-bond acceptors (Lipinski definition) is 1. The van der Waals surface area contributed by atoms with Gasteiger partial charge in [0.2, 0.25) is 4.52 Å². The molecule has 0 spiro atoms. The molecule has 0 aromatic carbocycles. The van der Waals surface area contributed by atoms with Gasteiger partial charge in [0.25, 0.3) is 0 Å². The first-order valence-corrected chi connectivity index (χ1v) is 5.14. The summed E-state index contributed by atoms with van der Waals surface area (Å²) in [5.74, 6) is -0.115. The predicted octanol–water partition coefficient (Wildman–Crippen LogP) is 2.45. The van der Waals surface area contributed by atoms with E-state index in [9.17, 15) is 0 Å². The van der Waals surface area contributed by atoms with Gasteiger partial charge in [-0.2, -0.15) is 0 Å². The summed E-state index contributed by atoms with van der Waals surface area (Å²) in [4.78, 5) is 0. The zero-order valence-electron chi connectivity index (χ0n) is 5.16. The molecule has 55 valence electrons. The predicted molar refractivity (Wildman–Crippen MR) is 37.3 cm³/mol. The summed E-state index contributed by atoms with van der Waals surface area (Å²) in [5, 5.41) is 8.63. The van der Waals surface area contributed by atoms with E-state index in [4.69, 9.17) is 28.3 Å². The first-order valence-electron chi connectivity index (χ1n) is 2.23. The molecule has 0 radical (unpaired) electrons. The average Bonchev–Trinajstić information content (AvgIpc) is 1.69. The van der Waals surface area contributed by atoms with Crippen LogP contribution in [0, 0.1) is 5.92 Å². The molecule has 0 rings (SSSR count). The zero-order chi connectivity index (χ0) is 8.08. The van der Waals surface area contributed by atoms with Gasteiger partial charge in [0.05, 0.1) is 0 Å². The van der Waals surface area contributed by atoms with Gasteiger partial charge in [0.1, 0.15) is 0 Å². The van der Waals surface area contributed by atoms with Crippen molar-refractivity contribution in [3.05, 3.63) is 0 Å². The Labute approximate surface area is 80.9 Å². The maximum absolute atomic E-state index is 8.63. The first-order chi connectivity index (χ1) is 3.94. The summed E-state index contributed by atoms with van der Waals surface area (Å²) in [7, 11) is 4.64. The van der Waals surface area contributed by atoms with E-state index < -0.39 is 4.52 Å². The summed E-state index contributed by atoms with van der Waals surface area (Å²) in [6.07, 6.45) is 0. The van der Waals surface area contributed by atoms with Gasteiger partial charge in [-0.25, -0.2) is 0 Å². The van der Waals surface area contributed by atoms with Crippen LogP contribution in [-0.2, 0) is 19.4 Å². The Kier molecular flexibility index (Phi) is 9.16. The minimum atomic E-state index is -1.56. The van der Waals surface area contributed by atoms with Crippen LogP contribution in [-0.4, -0.2) is 9.63 Å². The van der Waals surface area contributed by atoms with Crippen LogP contribution < -0.4 is 0 Å². The molecule has 0 bridgehead atoms. The fourth-order valence-corrected chi connectivity index (χ4v) is 0. The van der Waals surface area contributed by atoms with Crippen LogP contribution in [0.2, 0.25) is 0 Å². The molecular formula is C4H8Cl3OTi. The summed E-state index contributed by atoms with van der Waals surface area (Å²) in [6, 6.07) is 0.